The Balaban J connectivity index is 3.03. The number of carbonyl (C=O) groups is 1. The van der Waals surface area contributed by atoms with Gasteiger partial charge in [-0.05, 0) is 6.42 Å². The zero-order valence-electron chi connectivity index (χ0n) is 23.0. The number of unbranched alkanes of at least 4 members (excludes halogenated alkanes) is 1. The van der Waals surface area contributed by atoms with Crippen molar-refractivity contribution in [3.63, 3.8) is 0 Å². The molecular formula is C25H50O12. The Morgan fingerprint density at radius 3 is 0.892 bits per heavy atom. The van der Waals surface area contributed by atoms with Gasteiger partial charge in [-0.3, -0.25) is 0 Å². The molecule has 0 N–H and O–H groups in total. The fraction of sp³-hybridized carbons (Fsp3) is 0.960. The molecule has 0 radical (unpaired) electrons. The first-order chi connectivity index (χ1) is 18.3. The summed E-state index contributed by atoms with van der Waals surface area (Å²) in [4.78, 5) is 10.8. The number of hydrogen-bond donors (Lipinski definition) is 0. The minimum Gasteiger partial charge on any atom is -0.467 e. The van der Waals surface area contributed by atoms with Gasteiger partial charge in [0.15, 0.2) is 0 Å². The molecule has 0 aliphatic carbocycles. The number of rotatable bonds is 32. The van der Waals surface area contributed by atoms with Crippen LogP contribution in [0.3, 0.4) is 0 Å². The minimum absolute atomic E-state index is 0.0657. The quantitative estimate of drug-likeness (QED) is 0.0895. The predicted molar refractivity (Wildman–Crippen MR) is 135 cm³/mol. The summed E-state index contributed by atoms with van der Waals surface area (Å²) in [5.74, 6) is -0.404. The monoisotopic (exact) mass is 542 g/mol. The molecular weight excluding hydrogens is 492 g/mol. The lowest BCUT2D eigenvalue weighted by Crippen LogP contribution is -2.16. The van der Waals surface area contributed by atoms with Gasteiger partial charge >= 0.3 is 5.97 Å². The lowest BCUT2D eigenvalue weighted by Gasteiger charge is -2.09. The second-order valence-corrected chi connectivity index (χ2v) is 7.49. The molecule has 12 heteroatoms. The standard InChI is InChI=1S/C25H50O12/c1-3-4-5-28-6-7-29-8-9-30-10-11-31-12-13-32-14-15-33-16-17-34-18-19-35-20-21-36-22-23-37-24-25(26)27-2/h3-24H2,1-2H3. The first-order valence-corrected chi connectivity index (χ1v) is 13.2. The van der Waals surface area contributed by atoms with E-state index in [9.17, 15) is 4.79 Å². The van der Waals surface area contributed by atoms with Crippen molar-refractivity contribution in [3.8, 4) is 0 Å². The Hall–Kier alpha value is -0.930. The van der Waals surface area contributed by atoms with Gasteiger partial charge in [0.1, 0.15) is 6.61 Å². The maximum Gasteiger partial charge on any atom is 0.331 e. The molecule has 0 saturated heterocycles. The average Bonchev–Trinajstić information content (AvgIpc) is 2.91. The molecule has 37 heavy (non-hydrogen) atoms. The van der Waals surface area contributed by atoms with E-state index < -0.39 is 5.97 Å². The van der Waals surface area contributed by atoms with Crippen molar-refractivity contribution in [3.05, 3.63) is 0 Å². The van der Waals surface area contributed by atoms with Crippen LogP contribution in [0.4, 0.5) is 0 Å². The Morgan fingerprint density at radius 1 is 0.405 bits per heavy atom. The second kappa shape index (κ2) is 33.1. The van der Waals surface area contributed by atoms with E-state index in [-0.39, 0.29) is 6.61 Å². The summed E-state index contributed by atoms with van der Waals surface area (Å²) in [6.45, 7) is 12.0. The van der Waals surface area contributed by atoms with Crippen LogP contribution in [0.1, 0.15) is 19.8 Å². The summed E-state index contributed by atoms with van der Waals surface area (Å²) in [7, 11) is 1.32. The van der Waals surface area contributed by atoms with Crippen molar-refractivity contribution < 1.29 is 56.9 Å². The molecule has 0 spiro atoms. The zero-order chi connectivity index (χ0) is 26.9. The Morgan fingerprint density at radius 2 is 0.649 bits per heavy atom. The number of esters is 1. The summed E-state index contributed by atoms with van der Waals surface area (Å²) in [5.41, 5.74) is 0. The molecule has 0 atom stereocenters. The largest absolute Gasteiger partial charge is 0.467 e. The SMILES string of the molecule is CCCCOCCOCCOCCOCCOCCOCCOCCOCCOCCOCC(=O)OC. The predicted octanol–water partition coefficient (Wildman–Crippen LogP) is 1.13. The van der Waals surface area contributed by atoms with Crippen molar-refractivity contribution in [1.29, 1.82) is 0 Å². The van der Waals surface area contributed by atoms with Crippen LogP contribution in [0.5, 0.6) is 0 Å². The molecule has 0 bridgehead atoms. The fourth-order valence-electron chi connectivity index (χ4n) is 2.44. The number of methoxy groups -OCH3 is 1. The van der Waals surface area contributed by atoms with E-state index in [2.05, 4.69) is 11.7 Å². The van der Waals surface area contributed by atoms with Gasteiger partial charge in [0, 0.05) is 6.61 Å². The molecule has 0 aliphatic rings. The van der Waals surface area contributed by atoms with Crippen LogP contribution in [0.2, 0.25) is 0 Å². The lowest BCUT2D eigenvalue weighted by molar-refractivity contribution is -0.146. The summed E-state index contributed by atoms with van der Waals surface area (Å²) in [6.07, 6.45) is 2.24. The number of hydrogen-bond acceptors (Lipinski definition) is 12. The third-order valence-corrected chi connectivity index (χ3v) is 4.44. The first-order valence-electron chi connectivity index (χ1n) is 13.2. The highest BCUT2D eigenvalue weighted by atomic mass is 16.6. The van der Waals surface area contributed by atoms with Crippen LogP contribution in [0, 0.1) is 0 Å². The van der Waals surface area contributed by atoms with E-state index >= 15 is 0 Å². The van der Waals surface area contributed by atoms with Crippen LogP contribution in [-0.4, -0.2) is 145 Å². The van der Waals surface area contributed by atoms with Gasteiger partial charge in [0.2, 0.25) is 0 Å². The van der Waals surface area contributed by atoms with E-state index in [4.69, 9.17) is 47.4 Å². The highest BCUT2D eigenvalue weighted by Gasteiger charge is 1.99. The third-order valence-electron chi connectivity index (χ3n) is 4.44. The van der Waals surface area contributed by atoms with Gasteiger partial charge in [0.25, 0.3) is 0 Å². The Labute approximate surface area is 222 Å². The Bertz CT molecular complexity index is 442. The van der Waals surface area contributed by atoms with Crippen LogP contribution in [-0.2, 0) is 56.9 Å². The lowest BCUT2D eigenvalue weighted by atomic mass is 10.4. The zero-order valence-corrected chi connectivity index (χ0v) is 23.0. The molecule has 0 aliphatic heterocycles. The first kappa shape index (κ1) is 36.1. The summed E-state index contributed by atoms with van der Waals surface area (Å²) in [5, 5.41) is 0. The molecule has 0 amide bonds. The van der Waals surface area contributed by atoms with Crippen LogP contribution < -0.4 is 0 Å². The van der Waals surface area contributed by atoms with Crippen LogP contribution >= 0.6 is 0 Å². The van der Waals surface area contributed by atoms with Gasteiger partial charge in [-0.15, -0.1) is 0 Å². The van der Waals surface area contributed by atoms with E-state index in [0.717, 1.165) is 19.4 Å². The summed E-state index contributed by atoms with van der Waals surface area (Å²) in [6, 6.07) is 0. The maximum absolute atomic E-state index is 10.8. The highest BCUT2D eigenvalue weighted by molar-refractivity contribution is 5.70. The van der Waals surface area contributed by atoms with Crippen molar-refractivity contribution >= 4 is 5.97 Å². The van der Waals surface area contributed by atoms with Gasteiger partial charge in [-0.1, -0.05) is 13.3 Å². The fourth-order valence-corrected chi connectivity index (χ4v) is 2.44. The topological polar surface area (TPSA) is 119 Å². The van der Waals surface area contributed by atoms with Gasteiger partial charge in [0.05, 0.1) is 126 Å². The summed E-state index contributed by atoms with van der Waals surface area (Å²) >= 11 is 0. The van der Waals surface area contributed by atoms with E-state index in [1.807, 2.05) is 0 Å². The highest BCUT2D eigenvalue weighted by Crippen LogP contribution is 1.89. The normalized spacial score (nSPS) is 11.3. The van der Waals surface area contributed by atoms with Gasteiger partial charge < -0.3 is 52.1 Å². The van der Waals surface area contributed by atoms with Gasteiger partial charge in [-0.2, -0.15) is 0 Å². The Kier molecular flexibility index (Phi) is 32.3. The molecule has 12 nitrogen and oxygen atoms in total. The van der Waals surface area contributed by atoms with E-state index in [0.29, 0.717) is 119 Å². The van der Waals surface area contributed by atoms with Crippen LogP contribution in [0.15, 0.2) is 0 Å². The minimum atomic E-state index is -0.404. The smallest absolute Gasteiger partial charge is 0.331 e. The number of carbonyl (C=O) groups excluding carboxylic acids is 1. The third kappa shape index (κ3) is 33.0. The van der Waals surface area contributed by atoms with E-state index in [1.165, 1.54) is 7.11 Å². The molecule has 0 saturated carbocycles. The molecule has 0 heterocycles. The maximum atomic E-state index is 10.8. The van der Waals surface area contributed by atoms with Crippen molar-refractivity contribution in [2.45, 2.75) is 19.8 Å². The van der Waals surface area contributed by atoms with E-state index in [1.54, 1.807) is 0 Å². The number of ether oxygens (including phenoxy) is 11. The van der Waals surface area contributed by atoms with Crippen molar-refractivity contribution in [2.24, 2.45) is 0 Å². The van der Waals surface area contributed by atoms with Gasteiger partial charge in [-0.25, -0.2) is 4.79 Å². The molecule has 0 fully saturated rings. The molecule has 0 aromatic rings. The molecule has 0 aromatic carbocycles. The molecule has 0 rings (SSSR count). The van der Waals surface area contributed by atoms with Crippen LogP contribution in [0.25, 0.3) is 0 Å². The summed E-state index contributed by atoms with van der Waals surface area (Å²) < 4.78 is 58.2. The van der Waals surface area contributed by atoms with Crippen molar-refractivity contribution in [2.75, 3.05) is 139 Å². The molecule has 0 unspecified atom stereocenters. The van der Waals surface area contributed by atoms with Crippen molar-refractivity contribution in [1.82, 2.24) is 0 Å². The molecule has 222 valence electrons. The average molecular weight is 543 g/mol. The molecule has 0 aromatic heterocycles. The second-order valence-electron chi connectivity index (χ2n) is 7.49.